The van der Waals surface area contributed by atoms with Crippen LogP contribution < -0.4 is 10.6 Å². The van der Waals surface area contributed by atoms with E-state index in [0.29, 0.717) is 11.6 Å². The average molecular weight is 583 g/mol. The summed E-state index contributed by atoms with van der Waals surface area (Å²) in [6, 6.07) is 9.17. The third kappa shape index (κ3) is 5.20. The molecule has 0 bridgehead atoms. The van der Waals surface area contributed by atoms with Crippen LogP contribution in [0.4, 0.5) is 24.5 Å². The molecule has 35 heavy (non-hydrogen) atoms. The van der Waals surface area contributed by atoms with Gasteiger partial charge < -0.3 is 10.6 Å². The second-order valence-corrected chi connectivity index (χ2v) is 10.3. The molecule has 3 aromatic rings. The SMILES string of the molecule is O=C(Nc1ccc(F)cc1F)c1cc(NC(=O)[C@H]2[C@H](c3cc(F)c(Cl)c(Cl)c3)C2(Cl)Cl)ccc1Cl. The molecule has 1 saturated carbocycles. The van der Waals surface area contributed by atoms with Crippen LogP contribution in [-0.2, 0) is 4.79 Å². The predicted octanol–water partition coefficient (Wildman–Crippen LogP) is 7.84. The first-order valence-electron chi connectivity index (χ1n) is 9.79. The van der Waals surface area contributed by atoms with E-state index in [1.54, 1.807) is 0 Å². The van der Waals surface area contributed by atoms with Gasteiger partial charge in [-0.1, -0.05) is 34.8 Å². The van der Waals surface area contributed by atoms with E-state index < -0.39 is 45.4 Å². The van der Waals surface area contributed by atoms with Crippen molar-refractivity contribution in [1.82, 2.24) is 0 Å². The molecular formula is C23H12Cl5F3N2O2. The highest BCUT2D eigenvalue weighted by atomic mass is 35.5. The molecule has 3 aromatic carbocycles. The van der Waals surface area contributed by atoms with Crippen molar-refractivity contribution in [3.63, 3.8) is 0 Å². The summed E-state index contributed by atoms with van der Waals surface area (Å²) in [4.78, 5) is 25.5. The van der Waals surface area contributed by atoms with E-state index in [9.17, 15) is 22.8 Å². The van der Waals surface area contributed by atoms with Gasteiger partial charge in [0.1, 0.15) is 21.8 Å². The zero-order valence-corrected chi connectivity index (χ0v) is 20.9. The minimum atomic E-state index is -1.54. The largest absolute Gasteiger partial charge is 0.326 e. The lowest BCUT2D eigenvalue weighted by molar-refractivity contribution is -0.117. The van der Waals surface area contributed by atoms with Crippen molar-refractivity contribution in [3.05, 3.63) is 92.2 Å². The molecule has 0 aromatic heterocycles. The molecule has 0 unspecified atom stereocenters. The standard InChI is InChI=1S/C23H12Cl5F3N2O2/c24-13-3-2-11(8-12(13)21(34)33-17-4-1-10(29)7-15(17)30)32-22(35)19-18(23(19,27)28)9-5-14(25)20(26)16(31)6-9/h1-8,18-19H,(H,32,35)(H,33,34)/t18-,19+/m0/s1. The summed E-state index contributed by atoms with van der Waals surface area (Å²) in [6.45, 7) is 0. The van der Waals surface area contributed by atoms with Crippen molar-refractivity contribution in [2.75, 3.05) is 10.6 Å². The maximum atomic E-state index is 14.0. The molecule has 12 heteroatoms. The Hall–Kier alpha value is -2.16. The lowest BCUT2D eigenvalue weighted by Gasteiger charge is -2.11. The van der Waals surface area contributed by atoms with E-state index in [4.69, 9.17) is 58.0 Å². The summed E-state index contributed by atoms with van der Waals surface area (Å²) in [5.41, 5.74) is 0.111. The lowest BCUT2D eigenvalue weighted by atomic mass is 10.1. The van der Waals surface area contributed by atoms with Crippen LogP contribution in [0.3, 0.4) is 0 Å². The molecule has 0 saturated heterocycles. The summed E-state index contributed by atoms with van der Waals surface area (Å²) in [6.07, 6.45) is 0. The number of hydrogen-bond donors (Lipinski definition) is 2. The fourth-order valence-corrected chi connectivity index (χ4v) is 4.96. The van der Waals surface area contributed by atoms with Crippen molar-refractivity contribution in [2.45, 2.75) is 10.3 Å². The molecule has 182 valence electrons. The van der Waals surface area contributed by atoms with E-state index in [-0.39, 0.29) is 32.0 Å². The van der Waals surface area contributed by atoms with Crippen LogP contribution in [0.2, 0.25) is 15.1 Å². The third-order valence-corrected chi connectivity index (χ3v) is 7.41. The van der Waals surface area contributed by atoms with Crippen LogP contribution >= 0.6 is 58.0 Å². The number of alkyl halides is 2. The smallest absolute Gasteiger partial charge is 0.257 e. The van der Waals surface area contributed by atoms with Gasteiger partial charge >= 0.3 is 0 Å². The van der Waals surface area contributed by atoms with Crippen LogP contribution in [0.25, 0.3) is 0 Å². The van der Waals surface area contributed by atoms with Gasteiger partial charge in [-0.25, -0.2) is 13.2 Å². The van der Waals surface area contributed by atoms with Crippen molar-refractivity contribution < 1.29 is 22.8 Å². The van der Waals surface area contributed by atoms with Crippen LogP contribution in [0.15, 0.2) is 48.5 Å². The fourth-order valence-electron chi connectivity index (χ4n) is 3.60. The van der Waals surface area contributed by atoms with Crippen molar-refractivity contribution in [3.8, 4) is 0 Å². The van der Waals surface area contributed by atoms with Gasteiger partial charge in [0.25, 0.3) is 5.91 Å². The monoisotopic (exact) mass is 580 g/mol. The molecule has 0 aliphatic heterocycles. The zero-order chi connectivity index (χ0) is 25.7. The number of anilines is 2. The molecule has 4 rings (SSSR count). The van der Waals surface area contributed by atoms with E-state index in [2.05, 4.69) is 10.6 Å². The zero-order valence-electron chi connectivity index (χ0n) is 17.1. The summed E-state index contributed by atoms with van der Waals surface area (Å²) < 4.78 is 39.5. The molecule has 1 aliphatic rings. The molecule has 1 aliphatic carbocycles. The molecule has 0 heterocycles. The maximum Gasteiger partial charge on any atom is 0.257 e. The summed E-state index contributed by atoms with van der Waals surface area (Å²) in [5, 5.41) is 4.57. The topological polar surface area (TPSA) is 58.2 Å². The van der Waals surface area contributed by atoms with Crippen LogP contribution in [0, 0.1) is 23.4 Å². The van der Waals surface area contributed by atoms with Crippen LogP contribution in [0.5, 0.6) is 0 Å². The van der Waals surface area contributed by atoms with Gasteiger partial charge in [-0.3, -0.25) is 9.59 Å². The first kappa shape index (κ1) is 25.9. The van der Waals surface area contributed by atoms with E-state index in [1.807, 2.05) is 0 Å². The first-order chi connectivity index (χ1) is 16.4. The highest BCUT2D eigenvalue weighted by Crippen LogP contribution is 2.65. The molecule has 4 nitrogen and oxygen atoms in total. The Kier molecular flexibility index (Phi) is 7.19. The average Bonchev–Trinajstić information content (AvgIpc) is 3.37. The van der Waals surface area contributed by atoms with Gasteiger partial charge in [-0.05, 0) is 48.0 Å². The number of hydrogen-bond acceptors (Lipinski definition) is 2. The van der Waals surface area contributed by atoms with Gasteiger partial charge in [-0.2, -0.15) is 0 Å². The Bertz CT molecular complexity index is 1350. The molecular weight excluding hydrogens is 571 g/mol. The van der Waals surface area contributed by atoms with Crippen LogP contribution in [0.1, 0.15) is 21.8 Å². The van der Waals surface area contributed by atoms with Crippen molar-refractivity contribution >= 4 is 81.2 Å². The summed E-state index contributed by atoms with van der Waals surface area (Å²) in [5.74, 6) is -5.70. The highest BCUT2D eigenvalue weighted by molar-refractivity contribution is 6.53. The number of carbonyl (C=O) groups excluding carboxylic acids is 2. The quantitative estimate of drug-likeness (QED) is 0.238. The van der Waals surface area contributed by atoms with E-state index in [1.165, 1.54) is 24.3 Å². The number of halogens is 8. The Morgan fingerprint density at radius 3 is 2.20 bits per heavy atom. The normalized spacial score (nSPS) is 18.2. The second kappa shape index (κ2) is 9.71. The molecule has 2 N–H and O–H groups in total. The van der Waals surface area contributed by atoms with Gasteiger partial charge in [0.05, 0.1) is 32.2 Å². The van der Waals surface area contributed by atoms with Crippen molar-refractivity contribution in [2.24, 2.45) is 5.92 Å². The Morgan fingerprint density at radius 2 is 1.54 bits per heavy atom. The minimum Gasteiger partial charge on any atom is -0.326 e. The first-order valence-corrected chi connectivity index (χ1v) is 11.7. The molecule has 1 fully saturated rings. The number of benzene rings is 3. The van der Waals surface area contributed by atoms with Gasteiger partial charge in [0.15, 0.2) is 0 Å². The second-order valence-electron chi connectivity index (χ2n) is 7.69. The van der Waals surface area contributed by atoms with Crippen molar-refractivity contribution in [1.29, 1.82) is 0 Å². The highest BCUT2D eigenvalue weighted by Gasteiger charge is 2.67. The number of carbonyl (C=O) groups is 2. The molecule has 2 amide bonds. The number of nitrogens with one attached hydrogen (secondary N) is 2. The minimum absolute atomic E-state index is 0.0163. The maximum absolute atomic E-state index is 14.0. The lowest BCUT2D eigenvalue weighted by Crippen LogP contribution is -2.18. The van der Waals surface area contributed by atoms with E-state index >= 15 is 0 Å². The predicted molar refractivity (Wildman–Crippen MR) is 131 cm³/mol. The van der Waals surface area contributed by atoms with Gasteiger partial charge in [0.2, 0.25) is 5.91 Å². The third-order valence-electron chi connectivity index (χ3n) is 5.36. The number of rotatable bonds is 5. The summed E-state index contributed by atoms with van der Waals surface area (Å²) in [7, 11) is 0. The van der Waals surface area contributed by atoms with Crippen LogP contribution in [-0.4, -0.2) is 16.1 Å². The van der Waals surface area contributed by atoms with Gasteiger partial charge in [-0.15, -0.1) is 23.2 Å². The fraction of sp³-hybridized carbons (Fsp3) is 0.130. The summed E-state index contributed by atoms with van der Waals surface area (Å²) >= 11 is 30.4. The number of amides is 2. The van der Waals surface area contributed by atoms with E-state index in [0.717, 1.165) is 18.2 Å². The molecule has 0 radical (unpaired) electrons. The Labute approximate surface area is 222 Å². The molecule has 2 atom stereocenters. The Balaban J connectivity index is 1.52. The molecule has 0 spiro atoms. The Morgan fingerprint density at radius 1 is 0.829 bits per heavy atom. The van der Waals surface area contributed by atoms with Gasteiger partial charge in [0, 0.05) is 17.7 Å².